The number of hydrogen-bond acceptors (Lipinski definition) is 5. The highest BCUT2D eigenvalue weighted by Crippen LogP contribution is 2.27. The summed E-state index contributed by atoms with van der Waals surface area (Å²) in [5, 5.41) is 2.31. The van der Waals surface area contributed by atoms with Crippen LogP contribution < -0.4 is 0 Å². The molecule has 0 bridgehead atoms. The SMILES string of the molecule is O=C(c1cc(Cl)ccc1F)N1CCN(C(=O)c2ccccc2SCc2cscn2)CC1. The summed E-state index contributed by atoms with van der Waals surface area (Å²) in [7, 11) is 0. The minimum absolute atomic E-state index is 0.0453. The van der Waals surface area contributed by atoms with E-state index in [0.29, 0.717) is 42.5 Å². The average Bonchev–Trinajstić information content (AvgIpc) is 3.32. The Balaban J connectivity index is 1.40. The average molecular weight is 476 g/mol. The van der Waals surface area contributed by atoms with Gasteiger partial charge in [-0.3, -0.25) is 9.59 Å². The van der Waals surface area contributed by atoms with Crippen LogP contribution in [0.15, 0.2) is 58.3 Å². The number of carbonyl (C=O) groups is 2. The van der Waals surface area contributed by atoms with Crippen LogP contribution >= 0.6 is 34.7 Å². The van der Waals surface area contributed by atoms with Crippen LogP contribution in [0.5, 0.6) is 0 Å². The molecular weight excluding hydrogens is 457 g/mol. The fourth-order valence-corrected chi connectivity index (χ4v) is 5.13. The molecule has 0 unspecified atom stereocenters. The van der Waals surface area contributed by atoms with Crippen molar-refractivity contribution >= 4 is 46.5 Å². The molecule has 2 heterocycles. The van der Waals surface area contributed by atoms with Crippen LogP contribution in [-0.2, 0) is 5.75 Å². The summed E-state index contributed by atoms with van der Waals surface area (Å²) in [6, 6.07) is 11.5. The van der Waals surface area contributed by atoms with Crippen molar-refractivity contribution in [1.29, 1.82) is 0 Å². The third kappa shape index (κ3) is 5.08. The number of thiazole rings is 1. The monoisotopic (exact) mass is 475 g/mol. The van der Waals surface area contributed by atoms with Crippen molar-refractivity contribution in [2.45, 2.75) is 10.6 Å². The van der Waals surface area contributed by atoms with E-state index in [1.807, 2.05) is 29.6 Å². The van der Waals surface area contributed by atoms with Crippen molar-refractivity contribution < 1.29 is 14.0 Å². The zero-order chi connectivity index (χ0) is 21.8. The molecule has 31 heavy (non-hydrogen) atoms. The molecule has 2 amide bonds. The van der Waals surface area contributed by atoms with Crippen LogP contribution in [0.2, 0.25) is 5.02 Å². The van der Waals surface area contributed by atoms with Gasteiger partial charge in [-0.2, -0.15) is 0 Å². The first kappa shape index (κ1) is 21.8. The van der Waals surface area contributed by atoms with E-state index in [0.717, 1.165) is 10.6 Å². The maximum Gasteiger partial charge on any atom is 0.257 e. The largest absolute Gasteiger partial charge is 0.335 e. The molecule has 9 heteroatoms. The van der Waals surface area contributed by atoms with Crippen LogP contribution in [0.4, 0.5) is 4.39 Å². The second-order valence-corrected chi connectivity index (χ2v) is 9.15. The van der Waals surface area contributed by atoms with Gasteiger partial charge in [0.05, 0.1) is 22.3 Å². The quantitative estimate of drug-likeness (QED) is 0.496. The molecule has 1 aliphatic rings. The number of rotatable bonds is 5. The Morgan fingerprint density at radius 3 is 2.39 bits per heavy atom. The first-order chi connectivity index (χ1) is 15.0. The molecule has 2 aromatic carbocycles. The van der Waals surface area contributed by atoms with Crippen LogP contribution in [0.25, 0.3) is 0 Å². The fourth-order valence-electron chi connectivity index (χ4n) is 3.34. The number of aromatic nitrogens is 1. The van der Waals surface area contributed by atoms with E-state index in [2.05, 4.69) is 4.98 Å². The second-order valence-electron chi connectivity index (χ2n) is 6.97. The summed E-state index contributed by atoms with van der Waals surface area (Å²) in [5.74, 6) is -0.380. The number of amides is 2. The Hall–Kier alpha value is -2.42. The molecule has 160 valence electrons. The van der Waals surface area contributed by atoms with E-state index in [9.17, 15) is 14.0 Å². The van der Waals surface area contributed by atoms with E-state index in [4.69, 9.17) is 11.6 Å². The van der Waals surface area contributed by atoms with E-state index >= 15 is 0 Å². The van der Waals surface area contributed by atoms with E-state index < -0.39 is 11.7 Å². The molecule has 1 aliphatic heterocycles. The van der Waals surface area contributed by atoms with Crippen molar-refractivity contribution in [3.8, 4) is 0 Å². The van der Waals surface area contributed by atoms with Gasteiger partial charge in [-0.25, -0.2) is 9.37 Å². The highest BCUT2D eigenvalue weighted by atomic mass is 35.5. The summed E-state index contributed by atoms with van der Waals surface area (Å²) in [6.45, 7) is 1.45. The molecule has 1 aromatic heterocycles. The van der Waals surface area contributed by atoms with Gasteiger partial charge in [0.15, 0.2) is 0 Å². The maximum absolute atomic E-state index is 14.0. The predicted molar refractivity (Wildman–Crippen MR) is 121 cm³/mol. The molecule has 0 radical (unpaired) electrons. The Morgan fingerprint density at radius 1 is 1.03 bits per heavy atom. The molecule has 3 aromatic rings. The van der Waals surface area contributed by atoms with Gasteiger partial charge in [0.1, 0.15) is 5.82 Å². The van der Waals surface area contributed by atoms with Gasteiger partial charge in [0.25, 0.3) is 11.8 Å². The first-order valence-electron chi connectivity index (χ1n) is 9.65. The predicted octanol–water partition coefficient (Wildman–Crippen LogP) is 4.83. The van der Waals surface area contributed by atoms with Crippen LogP contribution in [0, 0.1) is 5.82 Å². The van der Waals surface area contributed by atoms with Crippen molar-refractivity contribution in [2.24, 2.45) is 0 Å². The van der Waals surface area contributed by atoms with Crippen molar-refractivity contribution in [1.82, 2.24) is 14.8 Å². The minimum atomic E-state index is -0.598. The van der Waals surface area contributed by atoms with Gasteiger partial charge in [0.2, 0.25) is 0 Å². The van der Waals surface area contributed by atoms with E-state index in [1.165, 1.54) is 18.2 Å². The number of piperazine rings is 1. The second kappa shape index (κ2) is 9.80. The first-order valence-corrected chi connectivity index (χ1v) is 12.0. The van der Waals surface area contributed by atoms with Crippen molar-refractivity contribution in [2.75, 3.05) is 26.2 Å². The Labute approximate surface area is 192 Å². The lowest BCUT2D eigenvalue weighted by molar-refractivity contribution is 0.0531. The fraction of sp³-hybridized carbons (Fsp3) is 0.227. The maximum atomic E-state index is 14.0. The van der Waals surface area contributed by atoms with Gasteiger partial charge >= 0.3 is 0 Å². The van der Waals surface area contributed by atoms with Gasteiger partial charge < -0.3 is 9.80 Å². The molecule has 1 fully saturated rings. The molecule has 5 nitrogen and oxygen atoms in total. The van der Waals surface area contributed by atoms with Crippen LogP contribution in [-0.4, -0.2) is 52.8 Å². The molecule has 0 atom stereocenters. The molecule has 4 rings (SSSR count). The number of thioether (sulfide) groups is 1. The number of nitrogens with zero attached hydrogens (tertiary/aromatic N) is 3. The lowest BCUT2D eigenvalue weighted by atomic mass is 10.1. The minimum Gasteiger partial charge on any atom is -0.335 e. The number of halogens is 2. The Kier molecular flexibility index (Phi) is 6.89. The van der Waals surface area contributed by atoms with Crippen molar-refractivity contribution in [3.05, 3.63) is 81.0 Å². The number of benzene rings is 2. The van der Waals surface area contributed by atoms with Gasteiger partial charge in [-0.15, -0.1) is 23.1 Å². The molecule has 1 saturated heterocycles. The number of hydrogen-bond donors (Lipinski definition) is 0. The van der Waals surface area contributed by atoms with Gasteiger partial charge in [-0.1, -0.05) is 23.7 Å². The highest BCUT2D eigenvalue weighted by molar-refractivity contribution is 7.98. The smallest absolute Gasteiger partial charge is 0.257 e. The summed E-state index contributed by atoms with van der Waals surface area (Å²) in [6.07, 6.45) is 0. The lowest BCUT2D eigenvalue weighted by Crippen LogP contribution is -2.50. The van der Waals surface area contributed by atoms with Crippen molar-refractivity contribution in [3.63, 3.8) is 0 Å². The molecule has 0 saturated carbocycles. The number of carbonyl (C=O) groups excluding carboxylic acids is 2. The third-order valence-electron chi connectivity index (χ3n) is 4.99. The van der Waals surface area contributed by atoms with E-state index in [-0.39, 0.29) is 11.5 Å². The van der Waals surface area contributed by atoms with Gasteiger partial charge in [-0.05, 0) is 30.3 Å². The van der Waals surface area contributed by atoms with Crippen LogP contribution in [0.1, 0.15) is 26.4 Å². The Morgan fingerprint density at radius 2 is 1.71 bits per heavy atom. The summed E-state index contributed by atoms with van der Waals surface area (Å²) >= 11 is 9.04. The van der Waals surface area contributed by atoms with Gasteiger partial charge in [0, 0.05) is 47.2 Å². The highest BCUT2D eigenvalue weighted by Gasteiger charge is 2.28. The molecule has 0 spiro atoms. The van der Waals surface area contributed by atoms with E-state index in [1.54, 1.807) is 38.4 Å². The third-order valence-corrected chi connectivity index (χ3v) is 6.97. The molecular formula is C22H19ClFN3O2S2. The molecule has 0 N–H and O–H groups in total. The topological polar surface area (TPSA) is 53.5 Å². The zero-order valence-electron chi connectivity index (χ0n) is 16.5. The van der Waals surface area contributed by atoms with Crippen LogP contribution in [0.3, 0.4) is 0 Å². The summed E-state index contributed by atoms with van der Waals surface area (Å²) in [4.78, 5) is 34.3. The summed E-state index contributed by atoms with van der Waals surface area (Å²) in [5.41, 5.74) is 3.38. The zero-order valence-corrected chi connectivity index (χ0v) is 18.9. The Bertz CT molecular complexity index is 1090. The standard InChI is InChI=1S/C22H19ClFN3O2S2/c23-15-5-6-19(24)18(11-15)22(29)27-9-7-26(8-10-27)21(28)17-3-1-2-4-20(17)31-13-16-12-30-14-25-16/h1-6,11-12,14H,7-10,13H2. The summed E-state index contributed by atoms with van der Waals surface area (Å²) < 4.78 is 14.0. The normalized spacial score (nSPS) is 14.0. The molecule has 0 aliphatic carbocycles. The lowest BCUT2D eigenvalue weighted by Gasteiger charge is -2.35.